The Morgan fingerprint density at radius 3 is 3.09 bits per heavy atom. The van der Waals surface area contributed by atoms with Gasteiger partial charge in [0.25, 0.3) is 0 Å². The molecule has 11 heavy (non-hydrogen) atoms. The molecule has 0 aromatic heterocycles. The number of hydrogen-bond donors (Lipinski definition) is 0. The standard InChI is InChI=1S/C10H11N/c1-8-3-2-4-9-7-11-6-5-10(8)9/h2-8,10H,1H3. The van der Waals surface area contributed by atoms with Crippen molar-refractivity contribution in [2.45, 2.75) is 6.92 Å². The molecule has 0 radical (unpaired) electrons. The van der Waals surface area contributed by atoms with Crippen LogP contribution >= 0.6 is 0 Å². The Kier molecular flexibility index (Phi) is 1.50. The van der Waals surface area contributed by atoms with Crippen LogP contribution < -0.4 is 0 Å². The van der Waals surface area contributed by atoms with Crippen molar-refractivity contribution in [1.29, 1.82) is 0 Å². The zero-order valence-corrected chi connectivity index (χ0v) is 6.57. The van der Waals surface area contributed by atoms with Crippen molar-refractivity contribution in [3.8, 4) is 0 Å². The average molecular weight is 145 g/mol. The number of nitrogens with zero attached hydrogens (tertiary/aromatic N) is 1. The van der Waals surface area contributed by atoms with Crippen molar-refractivity contribution in [3.63, 3.8) is 0 Å². The van der Waals surface area contributed by atoms with Gasteiger partial charge in [-0.3, -0.25) is 4.99 Å². The summed E-state index contributed by atoms with van der Waals surface area (Å²) in [6.07, 6.45) is 12.5. The van der Waals surface area contributed by atoms with Crippen LogP contribution in [0.25, 0.3) is 0 Å². The quantitative estimate of drug-likeness (QED) is 0.496. The molecular formula is C10H11N. The molecule has 0 aromatic carbocycles. The first-order valence-corrected chi connectivity index (χ1v) is 3.96. The molecule has 0 spiro atoms. The molecule has 2 rings (SSSR count). The lowest BCUT2D eigenvalue weighted by molar-refractivity contribution is 0.589. The average Bonchev–Trinajstić information content (AvgIpc) is 2.06. The van der Waals surface area contributed by atoms with Gasteiger partial charge in [0.1, 0.15) is 0 Å². The molecule has 1 heteroatoms. The highest BCUT2D eigenvalue weighted by Crippen LogP contribution is 2.27. The fraction of sp³-hybridized carbons (Fsp3) is 0.300. The van der Waals surface area contributed by atoms with E-state index in [-0.39, 0.29) is 0 Å². The van der Waals surface area contributed by atoms with E-state index in [1.54, 1.807) is 0 Å². The van der Waals surface area contributed by atoms with Gasteiger partial charge in [-0.05, 0) is 11.5 Å². The molecule has 2 atom stereocenters. The van der Waals surface area contributed by atoms with E-state index in [1.807, 2.05) is 12.4 Å². The summed E-state index contributed by atoms with van der Waals surface area (Å²) in [5, 5.41) is 0. The maximum absolute atomic E-state index is 4.09. The number of hydrogen-bond acceptors (Lipinski definition) is 1. The summed E-state index contributed by atoms with van der Waals surface area (Å²) in [6, 6.07) is 0. The summed E-state index contributed by atoms with van der Waals surface area (Å²) in [5.41, 5.74) is 1.34. The molecule has 0 fully saturated rings. The first kappa shape index (κ1) is 6.59. The maximum atomic E-state index is 4.09. The smallest absolute Gasteiger partial charge is 0.0305 e. The van der Waals surface area contributed by atoms with Crippen molar-refractivity contribution in [3.05, 3.63) is 36.1 Å². The molecule has 1 nitrogen and oxygen atoms in total. The van der Waals surface area contributed by atoms with Crippen LogP contribution in [-0.2, 0) is 0 Å². The Morgan fingerprint density at radius 2 is 2.27 bits per heavy atom. The van der Waals surface area contributed by atoms with Gasteiger partial charge in [0.05, 0.1) is 0 Å². The predicted molar refractivity (Wildman–Crippen MR) is 47.5 cm³/mol. The minimum Gasteiger partial charge on any atom is -0.265 e. The molecule has 0 saturated heterocycles. The summed E-state index contributed by atoms with van der Waals surface area (Å²) in [5.74, 6) is 1.19. The normalized spacial score (nSPS) is 33.4. The number of aliphatic imine (C=N–C) groups is 1. The van der Waals surface area contributed by atoms with Gasteiger partial charge in [0.15, 0.2) is 0 Å². The summed E-state index contributed by atoms with van der Waals surface area (Å²) in [6.45, 7) is 2.23. The maximum Gasteiger partial charge on any atom is 0.0305 e. The molecule has 1 heterocycles. The topological polar surface area (TPSA) is 12.4 Å². The molecule has 0 saturated carbocycles. The van der Waals surface area contributed by atoms with Crippen LogP contribution in [0, 0.1) is 11.8 Å². The lowest BCUT2D eigenvalue weighted by atomic mass is 9.83. The van der Waals surface area contributed by atoms with E-state index in [4.69, 9.17) is 0 Å². The third-order valence-electron chi connectivity index (χ3n) is 2.26. The summed E-state index contributed by atoms with van der Waals surface area (Å²) < 4.78 is 0. The highest BCUT2D eigenvalue weighted by Gasteiger charge is 2.18. The number of rotatable bonds is 0. The molecule has 0 amide bonds. The van der Waals surface area contributed by atoms with E-state index in [1.165, 1.54) is 5.57 Å². The second-order valence-corrected chi connectivity index (χ2v) is 3.06. The van der Waals surface area contributed by atoms with Gasteiger partial charge in [0, 0.05) is 18.3 Å². The van der Waals surface area contributed by atoms with Crippen LogP contribution in [-0.4, -0.2) is 6.21 Å². The van der Waals surface area contributed by atoms with E-state index in [0.29, 0.717) is 11.8 Å². The molecule has 0 N–H and O–H groups in total. The van der Waals surface area contributed by atoms with Crippen LogP contribution in [0.2, 0.25) is 0 Å². The van der Waals surface area contributed by atoms with E-state index < -0.39 is 0 Å². The third-order valence-corrected chi connectivity index (χ3v) is 2.26. The highest BCUT2D eigenvalue weighted by atomic mass is 14.7. The van der Waals surface area contributed by atoms with Gasteiger partial charge in [0.2, 0.25) is 0 Å². The lowest BCUT2D eigenvalue weighted by Crippen LogP contribution is -2.15. The lowest BCUT2D eigenvalue weighted by Gasteiger charge is -2.23. The van der Waals surface area contributed by atoms with Gasteiger partial charge in [-0.1, -0.05) is 31.2 Å². The Labute approximate surface area is 66.8 Å². The first-order chi connectivity index (χ1) is 5.38. The Bertz CT molecular complexity index is 269. The summed E-state index contributed by atoms with van der Waals surface area (Å²) in [7, 11) is 0. The van der Waals surface area contributed by atoms with E-state index in [9.17, 15) is 0 Å². The first-order valence-electron chi connectivity index (χ1n) is 3.96. The van der Waals surface area contributed by atoms with Crippen molar-refractivity contribution in [2.75, 3.05) is 0 Å². The van der Waals surface area contributed by atoms with Crippen molar-refractivity contribution < 1.29 is 0 Å². The fourth-order valence-corrected chi connectivity index (χ4v) is 1.56. The van der Waals surface area contributed by atoms with E-state index in [0.717, 1.165) is 0 Å². The van der Waals surface area contributed by atoms with Gasteiger partial charge in [-0.2, -0.15) is 0 Å². The van der Waals surface area contributed by atoms with E-state index >= 15 is 0 Å². The molecule has 2 unspecified atom stereocenters. The second-order valence-electron chi connectivity index (χ2n) is 3.06. The van der Waals surface area contributed by atoms with Gasteiger partial charge >= 0.3 is 0 Å². The van der Waals surface area contributed by atoms with Crippen LogP contribution in [0.4, 0.5) is 0 Å². The Morgan fingerprint density at radius 1 is 1.36 bits per heavy atom. The predicted octanol–water partition coefficient (Wildman–Crippen LogP) is 2.33. The zero-order valence-electron chi connectivity index (χ0n) is 6.57. The van der Waals surface area contributed by atoms with Gasteiger partial charge < -0.3 is 0 Å². The summed E-state index contributed by atoms with van der Waals surface area (Å²) in [4.78, 5) is 4.09. The molecule has 2 aliphatic rings. The Hall–Kier alpha value is -1.11. The highest BCUT2D eigenvalue weighted by molar-refractivity contribution is 5.82. The largest absolute Gasteiger partial charge is 0.265 e. The second kappa shape index (κ2) is 2.50. The monoisotopic (exact) mass is 145 g/mol. The molecule has 0 bridgehead atoms. The number of fused-ring (bicyclic) bond motifs is 1. The molecular weight excluding hydrogens is 134 g/mol. The van der Waals surface area contributed by atoms with E-state index in [2.05, 4.69) is 36.2 Å². The minimum absolute atomic E-state index is 0.567. The van der Waals surface area contributed by atoms with Crippen molar-refractivity contribution in [1.82, 2.24) is 0 Å². The molecule has 56 valence electrons. The molecule has 0 aromatic rings. The van der Waals surface area contributed by atoms with Crippen molar-refractivity contribution in [2.24, 2.45) is 16.8 Å². The SMILES string of the molecule is CC1C=CC=C2C=NC=CC21. The van der Waals surface area contributed by atoms with Crippen LogP contribution in [0.3, 0.4) is 0 Å². The van der Waals surface area contributed by atoms with Crippen molar-refractivity contribution >= 4 is 6.21 Å². The minimum atomic E-state index is 0.567. The Balaban J connectivity index is 2.35. The van der Waals surface area contributed by atoms with Crippen LogP contribution in [0.15, 0.2) is 41.1 Å². The molecule has 1 aliphatic heterocycles. The van der Waals surface area contributed by atoms with Crippen LogP contribution in [0.1, 0.15) is 6.92 Å². The van der Waals surface area contributed by atoms with Gasteiger partial charge in [-0.25, -0.2) is 0 Å². The van der Waals surface area contributed by atoms with Gasteiger partial charge in [-0.15, -0.1) is 0 Å². The fourth-order valence-electron chi connectivity index (χ4n) is 1.56. The third kappa shape index (κ3) is 1.07. The molecule has 1 aliphatic carbocycles. The zero-order chi connectivity index (χ0) is 7.68. The summed E-state index contributed by atoms with van der Waals surface area (Å²) >= 11 is 0. The van der Waals surface area contributed by atoms with Crippen LogP contribution in [0.5, 0.6) is 0 Å². The number of allylic oxidation sites excluding steroid dienone is 5.